The fourth-order valence-corrected chi connectivity index (χ4v) is 6.31. The normalized spacial score (nSPS) is 13.1. The second-order valence-corrected chi connectivity index (χ2v) is 11.5. The van der Waals surface area contributed by atoms with E-state index in [9.17, 15) is 4.79 Å². The van der Waals surface area contributed by atoms with Crippen molar-refractivity contribution in [2.75, 3.05) is 0 Å². The Morgan fingerprint density at radius 1 is 0.967 bits per heavy atom. The van der Waals surface area contributed by atoms with Crippen molar-refractivity contribution in [2.45, 2.75) is 53.7 Å². The number of benzene rings is 2. The molecule has 30 heavy (non-hydrogen) atoms. The molecule has 0 aliphatic heterocycles. The Kier molecular flexibility index (Phi) is 6.73. The van der Waals surface area contributed by atoms with Crippen molar-refractivity contribution in [3.8, 4) is 0 Å². The van der Waals surface area contributed by atoms with Crippen LogP contribution < -0.4 is 10.4 Å². The first-order chi connectivity index (χ1) is 14.2. The fraction of sp³-hybridized carbons (Fsp3) is 0.360. The quantitative estimate of drug-likeness (QED) is 0.423. The second kappa shape index (κ2) is 9.10. The Balaban J connectivity index is 2.08. The van der Waals surface area contributed by atoms with Crippen LogP contribution in [0.2, 0.25) is 0 Å². The summed E-state index contributed by atoms with van der Waals surface area (Å²) in [5.41, 5.74) is 0.643. The van der Waals surface area contributed by atoms with Crippen LogP contribution in [0.1, 0.15) is 70.0 Å². The lowest BCUT2D eigenvalue weighted by Gasteiger charge is -2.33. The molecule has 5 heteroatoms. The molecule has 3 rings (SSSR count). The molecule has 0 fully saturated rings. The largest absolute Gasteiger partial charge is 0.402 e. The van der Waals surface area contributed by atoms with Crippen LogP contribution in [0, 0.1) is 5.41 Å². The number of nitrogens with zero attached hydrogens (tertiary/aromatic N) is 2. The maximum absolute atomic E-state index is 12.2. The maximum atomic E-state index is 12.2. The van der Waals surface area contributed by atoms with Gasteiger partial charge >= 0.3 is 0 Å². The van der Waals surface area contributed by atoms with E-state index < -0.39 is 9.04 Å². The molecular formula is C25H32N2O2Si. The van der Waals surface area contributed by atoms with Gasteiger partial charge in [0.25, 0.3) is 0 Å². The van der Waals surface area contributed by atoms with E-state index in [1.54, 1.807) is 6.92 Å². The molecule has 0 saturated carbocycles. The predicted octanol–water partition coefficient (Wildman–Crippen LogP) is 4.31. The zero-order chi connectivity index (χ0) is 21.9. The third-order valence-corrected chi connectivity index (χ3v) is 7.68. The third kappa shape index (κ3) is 4.97. The number of Topliss-reactive ketones (excluding diaryl/α,β-unsaturated/α-hetero) is 1. The van der Waals surface area contributed by atoms with Gasteiger partial charge in [-0.1, -0.05) is 81.4 Å². The summed E-state index contributed by atoms with van der Waals surface area (Å²) in [7, 11) is -1.97. The number of hydrogen-bond acceptors (Lipinski definition) is 3. The molecule has 0 aliphatic carbocycles. The minimum absolute atomic E-state index is 0.0254. The van der Waals surface area contributed by atoms with Crippen molar-refractivity contribution < 1.29 is 9.22 Å². The van der Waals surface area contributed by atoms with Crippen molar-refractivity contribution in [3.05, 3.63) is 78.4 Å². The predicted molar refractivity (Wildman–Crippen MR) is 125 cm³/mol. The average Bonchev–Trinajstić information content (AvgIpc) is 3.14. The average molecular weight is 421 g/mol. The van der Waals surface area contributed by atoms with E-state index in [2.05, 4.69) is 83.1 Å². The van der Waals surface area contributed by atoms with Gasteiger partial charge in [0, 0.05) is 19.2 Å². The molecule has 158 valence electrons. The molecule has 0 aliphatic rings. The van der Waals surface area contributed by atoms with Crippen LogP contribution in [0.25, 0.3) is 0 Å². The minimum Gasteiger partial charge on any atom is -0.402 e. The summed E-state index contributed by atoms with van der Waals surface area (Å²) in [6.45, 7) is 12.2. The third-order valence-electron chi connectivity index (χ3n) is 5.15. The van der Waals surface area contributed by atoms with Crippen molar-refractivity contribution in [3.63, 3.8) is 0 Å². The van der Waals surface area contributed by atoms with Gasteiger partial charge < -0.3 is 8.99 Å². The highest BCUT2D eigenvalue weighted by Gasteiger charge is 2.34. The highest BCUT2D eigenvalue weighted by atomic mass is 28.3. The van der Waals surface area contributed by atoms with Gasteiger partial charge in [-0.3, -0.25) is 4.79 Å². The van der Waals surface area contributed by atoms with Crippen LogP contribution >= 0.6 is 0 Å². The summed E-state index contributed by atoms with van der Waals surface area (Å²) in [6, 6.07) is 21.1. The van der Waals surface area contributed by atoms with Gasteiger partial charge in [0.05, 0.1) is 11.8 Å². The van der Waals surface area contributed by atoms with E-state index in [0.717, 1.165) is 5.69 Å². The molecule has 4 nitrogen and oxygen atoms in total. The summed E-state index contributed by atoms with van der Waals surface area (Å²) >= 11 is 0. The SMILES string of the molecule is CC(=O)c1nc(C(O[SiH](c2ccccc2)c2ccccc2)C(C)(C)C)cn1C(C)C. The zero-order valence-corrected chi connectivity index (χ0v) is 19.9. The first-order valence-corrected chi connectivity index (χ1v) is 12.2. The van der Waals surface area contributed by atoms with Gasteiger partial charge in [0.1, 0.15) is 0 Å². The lowest BCUT2D eigenvalue weighted by atomic mass is 9.87. The molecule has 0 bridgehead atoms. The monoisotopic (exact) mass is 420 g/mol. The summed E-state index contributed by atoms with van der Waals surface area (Å²) in [5.74, 6) is 0.470. The van der Waals surface area contributed by atoms with Gasteiger partial charge in [-0.05, 0) is 29.6 Å². The number of rotatable bonds is 7. The van der Waals surface area contributed by atoms with Crippen LogP contribution in [0.15, 0.2) is 66.9 Å². The molecule has 0 spiro atoms. The lowest BCUT2D eigenvalue weighted by molar-refractivity contribution is 0.0857. The van der Waals surface area contributed by atoms with Crippen LogP contribution in [-0.2, 0) is 4.43 Å². The minimum atomic E-state index is -1.97. The molecule has 0 amide bonds. The summed E-state index contributed by atoms with van der Waals surface area (Å²) in [4.78, 5) is 17.0. The van der Waals surface area contributed by atoms with E-state index in [-0.39, 0.29) is 23.3 Å². The number of hydrogen-bond donors (Lipinski definition) is 0. The van der Waals surface area contributed by atoms with Crippen LogP contribution in [0.5, 0.6) is 0 Å². The van der Waals surface area contributed by atoms with E-state index in [1.165, 1.54) is 10.4 Å². The van der Waals surface area contributed by atoms with Crippen LogP contribution in [-0.4, -0.2) is 24.4 Å². The molecule has 0 saturated heterocycles. The maximum Gasteiger partial charge on any atom is 0.240 e. The van der Waals surface area contributed by atoms with Gasteiger partial charge in [0.15, 0.2) is 11.6 Å². The van der Waals surface area contributed by atoms with Crippen molar-refractivity contribution in [1.29, 1.82) is 0 Å². The molecule has 3 aromatic rings. The Morgan fingerprint density at radius 2 is 1.47 bits per heavy atom. The highest BCUT2D eigenvalue weighted by molar-refractivity contribution is 6.80. The highest BCUT2D eigenvalue weighted by Crippen LogP contribution is 2.36. The van der Waals surface area contributed by atoms with Crippen LogP contribution in [0.3, 0.4) is 0 Å². The summed E-state index contributed by atoms with van der Waals surface area (Å²) in [5, 5.41) is 2.46. The molecule has 1 aromatic heterocycles. The number of imidazole rings is 1. The first-order valence-electron chi connectivity index (χ1n) is 10.5. The van der Waals surface area contributed by atoms with Crippen molar-refractivity contribution in [1.82, 2.24) is 9.55 Å². The van der Waals surface area contributed by atoms with Gasteiger partial charge in [-0.15, -0.1) is 0 Å². The summed E-state index contributed by atoms with van der Waals surface area (Å²) in [6.07, 6.45) is 1.77. The van der Waals surface area contributed by atoms with E-state index in [4.69, 9.17) is 9.41 Å². The van der Waals surface area contributed by atoms with Crippen LogP contribution in [0.4, 0.5) is 0 Å². The molecule has 0 radical (unpaired) electrons. The Bertz CT molecular complexity index is 936. The molecule has 1 heterocycles. The summed E-state index contributed by atoms with van der Waals surface area (Å²) < 4.78 is 8.91. The molecule has 2 aromatic carbocycles. The topological polar surface area (TPSA) is 44.1 Å². The number of aromatic nitrogens is 2. The second-order valence-electron chi connectivity index (χ2n) is 9.13. The number of ketones is 1. The number of carbonyl (C=O) groups excluding carboxylic acids is 1. The van der Waals surface area contributed by atoms with Crippen molar-refractivity contribution in [2.24, 2.45) is 5.41 Å². The van der Waals surface area contributed by atoms with Gasteiger partial charge in [0.2, 0.25) is 9.04 Å². The van der Waals surface area contributed by atoms with Gasteiger partial charge in [-0.25, -0.2) is 4.98 Å². The van der Waals surface area contributed by atoms with E-state index in [0.29, 0.717) is 5.82 Å². The fourth-order valence-electron chi connectivity index (χ4n) is 3.65. The molecule has 1 atom stereocenters. The first kappa shape index (κ1) is 22.2. The van der Waals surface area contributed by atoms with Crippen molar-refractivity contribution >= 4 is 25.2 Å². The molecular weight excluding hydrogens is 388 g/mol. The zero-order valence-electron chi connectivity index (χ0n) is 18.8. The Hall–Kier alpha value is -2.50. The van der Waals surface area contributed by atoms with E-state index in [1.807, 2.05) is 22.9 Å². The smallest absolute Gasteiger partial charge is 0.240 e. The Morgan fingerprint density at radius 3 is 1.83 bits per heavy atom. The lowest BCUT2D eigenvalue weighted by Crippen LogP contribution is -2.47. The Labute approximate surface area is 181 Å². The van der Waals surface area contributed by atoms with Gasteiger partial charge in [-0.2, -0.15) is 0 Å². The van der Waals surface area contributed by atoms with E-state index >= 15 is 0 Å². The number of carbonyl (C=O) groups is 1. The standard InChI is InChI=1S/C25H32N2O2Si/c1-18(2)27-17-22(26-24(27)19(3)28)23(25(4,5)6)29-30(20-13-9-7-10-14-20)21-15-11-8-12-16-21/h7-18,23,30H,1-6H3. The molecule has 0 N–H and O–H groups in total. The molecule has 1 unspecified atom stereocenters.